The topological polar surface area (TPSA) is 49.6 Å². The smallest absolute Gasteiger partial charge is 0.295 e. The fourth-order valence-corrected chi connectivity index (χ4v) is 3.47. The van der Waals surface area contributed by atoms with Crippen molar-refractivity contribution in [2.45, 2.75) is 19.3 Å². The molecule has 0 aliphatic heterocycles. The molecule has 0 bridgehead atoms. The maximum atomic E-state index is 14.8. The Balaban J connectivity index is 0.00000324. The summed E-state index contributed by atoms with van der Waals surface area (Å²) < 4.78 is 56.0. The van der Waals surface area contributed by atoms with E-state index in [2.05, 4.69) is 22.1 Å². The largest absolute Gasteiger partial charge is 2.00 e. The average molecular weight is 640 g/mol. The molecule has 0 aliphatic carbocycles. The molecule has 0 saturated heterocycles. The van der Waals surface area contributed by atoms with Gasteiger partial charge in [0.25, 0.3) is 0 Å². The Bertz CT molecular complexity index is 1410. The summed E-state index contributed by atoms with van der Waals surface area (Å²) in [5.74, 6) is -3.51. The summed E-state index contributed by atoms with van der Waals surface area (Å²) in [6.07, 6.45) is 0. The van der Waals surface area contributed by atoms with Crippen molar-refractivity contribution in [3.8, 4) is 28.7 Å². The zero-order valence-electron chi connectivity index (χ0n) is 17.9. The molecule has 2 aromatic carbocycles. The fraction of sp³-hybridized carbons (Fsp3) is 0.115. The van der Waals surface area contributed by atoms with Gasteiger partial charge in [0, 0.05) is 39.9 Å². The molecule has 0 amide bonds. The van der Waals surface area contributed by atoms with E-state index in [9.17, 15) is 17.6 Å². The number of hydrogen-bond donors (Lipinski definition) is 0. The van der Waals surface area contributed by atoms with E-state index >= 15 is 0 Å². The molecule has 0 unspecified atom stereocenters. The van der Waals surface area contributed by atoms with E-state index in [1.54, 1.807) is 50.2 Å². The summed E-state index contributed by atoms with van der Waals surface area (Å²) in [5, 5.41) is 9.09. The van der Waals surface area contributed by atoms with Crippen molar-refractivity contribution in [2.24, 2.45) is 0 Å². The van der Waals surface area contributed by atoms with Crippen LogP contribution >= 0.6 is 0 Å². The third-order valence-electron chi connectivity index (χ3n) is 5.27. The van der Waals surface area contributed by atoms with Crippen LogP contribution < -0.4 is 0 Å². The van der Waals surface area contributed by atoms with Gasteiger partial charge in [-0.25, -0.2) is 0 Å². The molecule has 3 nitrogen and oxygen atoms in total. The van der Waals surface area contributed by atoms with E-state index in [0.29, 0.717) is 17.1 Å². The van der Waals surface area contributed by atoms with E-state index in [1.807, 2.05) is 0 Å². The first kappa shape index (κ1) is 25.3. The SMILES string of the molecule is CC(C)(c1cccc(-c2cccc(-c3[c-]cc(F)cc3F)n2)n1)c1[c-]cc(F)c(C#N)c1F.[Pt+2]. The van der Waals surface area contributed by atoms with Crippen molar-refractivity contribution < 1.29 is 38.6 Å². The van der Waals surface area contributed by atoms with E-state index in [-0.39, 0.29) is 37.9 Å². The minimum Gasteiger partial charge on any atom is -0.295 e. The molecular weight excluding hydrogens is 625 g/mol. The summed E-state index contributed by atoms with van der Waals surface area (Å²) in [6, 6.07) is 19.3. The summed E-state index contributed by atoms with van der Waals surface area (Å²) >= 11 is 0. The standard InChI is InChI=1S/C26H15F4N3.Pt/c1-26(2,18-11-12-19(28)17(14-31)25(18)30)24-8-4-7-23(33-24)22-6-3-5-21(32-22)16-10-9-15(27)13-20(16)29;/h3-9,12-13H,1-2H3;/q-2;+2. The second kappa shape index (κ2) is 9.87. The van der Waals surface area contributed by atoms with Crippen molar-refractivity contribution in [3.05, 3.63) is 107 Å². The van der Waals surface area contributed by atoms with Gasteiger partial charge in [-0.15, -0.1) is 23.8 Å². The molecule has 0 N–H and O–H groups in total. The first-order chi connectivity index (χ1) is 15.7. The van der Waals surface area contributed by atoms with E-state index in [0.717, 1.165) is 18.2 Å². The van der Waals surface area contributed by atoms with Crippen LogP contribution in [-0.2, 0) is 26.5 Å². The Labute approximate surface area is 208 Å². The van der Waals surface area contributed by atoms with Crippen molar-refractivity contribution in [2.75, 3.05) is 0 Å². The Kier molecular flexibility index (Phi) is 7.33. The summed E-state index contributed by atoms with van der Waals surface area (Å²) in [4.78, 5) is 9.02. The second-order valence-corrected chi connectivity index (χ2v) is 7.79. The fourth-order valence-electron chi connectivity index (χ4n) is 3.47. The maximum Gasteiger partial charge on any atom is 2.00 e. The molecule has 0 atom stereocenters. The molecule has 2 heterocycles. The molecule has 0 radical (unpaired) electrons. The summed E-state index contributed by atoms with van der Waals surface area (Å²) in [5.41, 5.74) is -0.230. The number of aromatic nitrogens is 2. The number of nitriles is 1. The van der Waals surface area contributed by atoms with Gasteiger partial charge in [-0.05, 0) is 23.9 Å². The monoisotopic (exact) mass is 640 g/mol. The summed E-state index contributed by atoms with van der Waals surface area (Å²) in [6.45, 7) is 3.36. The molecule has 34 heavy (non-hydrogen) atoms. The van der Waals surface area contributed by atoms with Crippen molar-refractivity contribution in [1.29, 1.82) is 5.26 Å². The Hall–Kier alpha value is -3.36. The van der Waals surface area contributed by atoms with Crippen LogP contribution in [0, 0.1) is 46.7 Å². The van der Waals surface area contributed by atoms with Crippen LogP contribution in [0.5, 0.6) is 0 Å². The minimum atomic E-state index is -1.06. The van der Waals surface area contributed by atoms with Gasteiger partial charge >= 0.3 is 21.1 Å². The van der Waals surface area contributed by atoms with Crippen molar-refractivity contribution in [1.82, 2.24) is 9.97 Å². The Morgan fingerprint density at radius 3 is 2.18 bits per heavy atom. The average Bonchev–Trinajstić information content (AvgIpc) is 2.79. The third kappa shape index (κ3) is 4.64. The van der Waals surface area contributed by atoms with E-state index < -0.39 is 34.2 Å². The van der Waals surface area contributed by atoms with Crippen molar-refractivity contribution in [3.63, 3.8) is 0 Å². The maximum absolute atomic E-state index is 14.8. The first-order valence-electron chi connectivity index (χ1n) is 9.84. The third-order valence-corrected chi connectivity index (χ3v) is 5.27. The Morgan fingerprint density at radius 2 is 1.50 bits per heavy atom. The van der Waals surface area contributed by atoms with Crippen LogP contribution in [0.2, 0.25) is 0 Å². The molecule has 0 aliphatic rings. The van der Waals surface area contributed by atoms with Crippen molar-refractivity contribution >= 4 is 0 Å². The molecule has 4 aromatic rings. The number of benzene rings is 2. The van der Waals surface area contributed by atoms with Gasteiger partial charge in [-0.2, -0.15) is 11.3 Å². The molecular formula is C26H15F4N3Pt. The molecule has 0 fully saturated rings. The van der Waals surface area contributed by atoms with E-state index in [4.69, 9.17) is 5.26 Å². The van der Waals surface area contributed by atoms with Crippen LogP contribution in [0.1, 0.15) is 30.7 Å². The van der Waals surface area contributed by atoms with Crippen LogP contribution in [-0.4, -0.2) is 9.97 Å². The number of hydrogen-bond acceptors (Lipinski definition) is 3. The van der Waals surface area contributed by atoms with Crippen LogP contribution in [0.4, 0.5) is 17.6 Å². The van der Waals surface area contributed by atoms with Gasteiger partial charge in [0.2, 0.25) is 0 Å². The van der Waals surface area contributed by atoms with Gasteiger partial charge in [0.05, 0.1) is 17.5 Å². The quantitative estimate of drug-likeness (QED) is 0.198. The van der Waals surface area contributed by atoms with Crippen LogP contribution in [0.3, 0.4) is 0 Å². The van der Waals surface area contributed by atoms with Gasteiger partial charge in [-0.1, -0.05) is 43.7 Å². The van der Waals surface area contributed by atoms with Gasteiger partial charge in [0.1, 0.15) is 0 Å². The summed E-state index contributed by atoms with van der Waals surface area (Å²) in [7, 11) is 0. The number of pyridine rings is 2. The molecule has 0 saturated carbocycles. The molecule has 0 spiro atoms. The van der Waals surface area contributed by atoms with Gasteiger partial charge < -0.3 is 0 Å². The predicted molar refractivity (Wildman–Crippen MR) is 114 cm³/mol. The van der Waals surface area contributed by atoms with Crippen LogP contribution in [0.25, 0.3) is 22.6 Å². The zero-order valence-corrected chi connectivity index (χ0v) is 20.1. The number of rotatable bonds is 4. The number of halogens is 4. The van der Waals surface area contributed by atoms with E-state index in [1.165, 1.54) is 6.07 Å². The minimum absolute atomic E-state index is 0. The molecule has 2 aromatic heterocycles. The molecule has 4 rings (SSSR count). The molecule has 172 valence electrons. The number of nitrogens with zero attached hydrogens (tertiary/aromatic N) is 3. The normalized spacial score (nSPS) is 11.0. The second-order valence-electron chi connectivity index (χ2n) is 7.79. The first-order valence-corrected chi connectivity index (χ1v) is 9.84. The van der Waals surface area contributed by atoms with Gasteiger partial charge in [-0.3, -0.25) is 27.5 Å². The van der Waals surface area contributed by atoms with Gasteiger partial charge in [0.15, 0.2) is 0 Å². The Morgan fingerprint density at radius 1 is 0.853 bits per heavy atom. The zero-order chi connectivity index (χ0) is 23.8. The predicted octanol–water partition coefficient (Wildman–Crippen LogP) is 6.16. The van der Waals surface area contributed by atoms with Crippen LogP contribution in [0.15, 0.2) is 54.6 Å². The molecule has 8 heteroatoms.